The molecule has 0 fully saturated rings. The molecule has 14 heteroatoms. The second-order valence-electron chi connectivity index (χ2n) is 7.34. The molecule has 0 aliphatic heterocycles. The molecular formula is C24H16F6N2O6. The zero-order chi connectivity index (χ0) is 28.3. The summed E-state index contributed by atoms with van der Waals surface area (Å²) in [7, 11) is 0. The molecule has 4 aromatic rings. The predicted octanol–water partition coefficient (Wildman–Crippen LogP) is 6.01. The first-order valence-corrected chi connectivity index (χ1v) is 10.5. The maximum Gasteiger partial charge on any atom is 0.360 e. The van der Waals surface area contributed by atoms with E-state index in [-0.39, 0.29) is 29.8 Å². The van der Waals surface area contributed by atoms with E-state index in [4.69, 9.17) is 18.7 Å². The van der Waals surface area contributed by atoms with Gasteiger partial charge in [-0.1, -0.05) is 0 Å². The van der Waals surface area contributed by atoms with Gasteiger partial charge in [-0.15, -0.1) is 0 Å². The highest BCUT2D eigenvalue weighted by molar-refractivity contribution is 5.94. The van der Waals surface area contributed by atoms with Crippen LogP contribution in [0.15, 0.2) is 33.1 Å². The van der Waals surface area contributed by atoms with Gasteiger partial charge < -0.3 is 18.7 Å². The van der Waals surface area contributed by atoms with Crippen LogP contribution in [0, 0.1) is 48.8 Å². The fraction of sp³-hybridized carbons (Fsp3) is 0.167. The van der Waals surface area contributed by atoms with E-state index in [1.165, 1.54) is 13.8 Å². The van der Waals surface area contributed by atoms with Gasteiger partial charge in [0, 0.05) is 26.0 Å². The van der Waals surface area contributed by atoms with Crippen LogP contribution in [0.25, 0.3) is 22.6 Å². The lowest BCUT2D eigenvalue weighted by Gasteiger charge is -2.03. The van der Waals surface area contributed by atoms with Crippen molar-refractivity contribution in [1.82, 2.24) is 9.97 Å². The Morgan fingerprint density at radius 2 is 1.13 bits per heavy atom. The van der Waals surface area contributed by atoms with Gasteiger partial charge in [-0.2, -0.15) is 0 Å². The van der Waals surface area contributed by atoms with E-state index < -0.39 is 69.4 Å². The maximum atomic E-state index is 13.7. The van der Waals surface area contributed by atoms with E-state index in [1.54, 1.807) is 6.92 Å². The standard InChI is InChI=1S/C13H10F3NO3.C11H6F3NO3/c1-3-19-13(18)11-12(20-6(2)17-11)7-4-9(15)10(16)5-8(7)14;1-4-15-9(11(16)17)10(18-4)5-2-7(13)8(14)3-6(5)12/h4-5H,3H2,1-2H3;2-3H,1H3,(H,16,17). The van der Waals surface area contributed by atoms with Crippen LogP contribution < -0.4 is 0 Å². The Labute approximate surface area is 209 Å². The highest BCUT2D eigenvalue weighted by atomic mass is 19.2. The summed E-state index contributed by atoms with van der Waals surface area (Å²) in [5.41, 5.74) is -1.73. The minimum absolute atomic E-state index is 0.0217. The number of ether oxygens (including phenoxy) is 1. The van der Waals surface area contributed by atoms with Gasteiger partial charge in [0.1, 0.15) is 11.6 Å². The van der Waals surface area contributed by atoms with E-state index in [9.17, 15) is 35.9 Å². The van der Waals surface area contributed by atoms with Crippen molar-refractivity contribution >= 4 is 11.9 Å². The third kappa shape index (κ3) is 5.85. The first-order chi connectivity index (χ1) is 17.8. The fourth-order valence-electron chi connectivity index (χ4n) is 3.10. The number of esters is 1. The number of aryl methyl sites for hydroxylation is 2. The highest BCUT2D eigenvalue weighted by Gasteiger charge is 2.25. The van der Waals surface area contributed by atoms with Gasteiger partial charge in [-0.3, -0.25) is 0 Å². The van der Waals surface area contributed by atoms with Gasteiger partial charge in [0.25, 0.3) is 0 Å². The van der Waals surface area contributed by atoms with Crippen LogP contribution in [0.1, 0.15) is 39.7 Å². The Balaban J connectivity index is 0.000000212. The fourth-order valence-corrected chi connectivity index (χ4v) is 3.10. The molecule has 0 unspecified atom stereocenters. The maximum absolute atomic E-state index is 13.7. The molecule has 0 aliphatic rings. The van der Waals surface area contributed by atoms with Crippen molar-refractivity contribution in [2.24, 2.45) is 0 Å². The number of aromatic carboxylic acids is 1. The summed E-state index contributed by atoms with van der Waals surface area (Å²) in [6.07, 6.45) is 0. The Hall–Kier alpha value is -4.62. The number of carbonyl (C=O) groups excluding carboxylic acids is 1. The molecule has 4 rings (SSSR count). The third-order valence-corrected chi connectivity index (χ3v) is 4.65. The summed E-state index contributed by atoms with van der Waals surface area (Å²) in [5.74, 6) is -10.4. The average molecular weight is 542 g/mol. The molecule has 0 bridgehead atoms. The first kappa shape index (κ1) is 28.0. The molecule has 2 heterocycles. The largest absolute Gasteiger partial charge is 0.476 e. The minimum Gasteiger partial charge on any atom is -0.476 e. The number of nitrogens with zero attached hydrogens (tertiary/aromatic N) is 2. The molecule has 0 atom stereocenters. The number of carboxylic acids is 1. The molecule has 0 aliphatic carbocycles. The zero-order valence-corrected chi connectivity index (χ0v) is 19.7. The Bertz CT molecular complexity index is 1530. The topological polar surface area (TPSA) is 116 Å². The van der Waals surface area contributed by atoms with Crippen molar-refractivity contribution in [2.45, 2.75) is 20.8 Å². The molecule has 0 spiro atoms. The number of oxazole rings is 2. The highest BCUT2D eigenvalue weighted by Crippen LogP contribution is 2.30. The zero-order valence-electron chi connectivity index (χ0n) is 19.7. The Morgan fingerprint density at radius 3 is 1.55 bits per heavy atom. The minimum atomic E-state index is -1.45. The summed E-state index contributed by atoms with van der Waals surface area (Å²) in [6.45, 7) is 4.46. The second-order valence-corrected chi connectivity index (χ2v) is 7.34. The van der Waals surface area contributed by atoms with Crippen molar-refractivity contribution in [3.63, 3.8) is 0 Å². The molecule has 2 aromatic carbocycles. The molecule has 0 saturated heterocycles. The van der Waals surface area contributed by atoms with Crippen LogP contribution in [0.5, 0.6) is 0 Å². The number of halogens is 6. The molecule has 0 radical (unpaired) electrons. The molecular weight excluding hydrogens is 526 g/mol. The molecule has 2 aromatic heterocycles. The van der Waals surface area contributed by atoms with E-state index >= 15 is 0 Å². The SMILES string of the molecule is CCOC(=O)c1nc(C)oc1-c1cc(F)c(F)cc1F.Cc1nc(C(=O)O)c(-c2cc(F)c(F)cc2F)o1. The summed E-state index contributed by atoms with van der Waals surface area (Å²) >= 11 is 0. The van der Waals surface area contributed by atoms with Gasteiger partial charge in [0.2, 0.25) is 0 Å². The normalized spacial score (nSPS) is 10.7. The summed E-state index contributed by atoms with van der Waals surface area (Å²) in [5, 5.41) is 8.84. The third-order valence-electron chi connectivity index (χ3n) is 4.65. The average Bonchev–Trinajstić information content (AvgIpc) is 3.42. The molecule has 38 heavy (non-hydrogen) atoms. The summed E-state index contributed by atoms with van der Waals surface area (Å²) in [4.78, 5) is 29.8. The van der Waals surface area contributed by atoms with E-state index in [1.807, 2.05) is 0 Å². The van der Waals surface area contributed by atoms with Crippen molar-refractivity contribution < 1.29 is 54.6 Å². The smallest absolute Gasteiger partial charge is 0.360 e. The molecule has 1 N–H and O–H groups in total. The van der Waals surface area contributed by atoms with Crippen LogP contribution in [-0.2, 0) is 4.74 Å². The number of rotatable bonds is 5. The lowest BCUT2D eigenvalue weighted by Crippen LogP contribution is -2.07. The van der Waals surface area contributed by atoms with Gasteiger partial charge >= 0.3 is 11.9 Å². The van der Waals surface area contributed by atoms with Crippen LogP contribution in [-0.4, -0.2) is 33.6 Å². The molecule has 8 nitrogen and oxygen atoms in total. The molecule has 0 amide bonds. The van der Waals surface area contributed by atoms with E-state index in [0.29, 0.717) is 24.3 Å². The van der Waals surface area contributed by atoms with Crippen molar-refractivity contribution in [3.05, 3.63) is 82.3 Å². The predicted molar refractivity (Wildman–Crippen MR) is 116 cm³/mol. The van der Waals surface area contributed by atoms with E-state index in [0.717, 1.165) is 0 Å². The van der Waals surface area contributed by atoms with Crippen LogP contribution >= 0.6 is 0 Å². The first-order valence-electron chi connectivity index (χ1n) is 10.5. The second kappa shape index (κ2) is 11.2. The monoisotopic (exact) mass is 542 g/mol. The quantitative estimate of drug-likeness (QED) is 0.185. The van der Waals surface area contributed by atoms with Crippen LogP contribution in [0.2, 0.25) is 0 Å². The Kier molecular flexibility index (Phi) is 8.23. The number of benzene rings is 2. The lowest BCUT2D eigenvalue weighted by molar-refractivity contribution is 0.0520. The van der Waals surface area contributed by atoms with Gasteiger partial charge in [0.15, 0.2) is 58.0 Å². The number of hydrogen-bond acceptors (Lipinski definition) is 7. The number of hydrogen-bond donors (Lipinski definition) is 1. The van der Waals surface area contributed by atoms with Crippen molar-refractivity contribution in [3.8, 4) is 22.6 Å². The van der Waals surface area contributed by atoms with Crippen LogP contribution in [0.3, 0.4) is 0 Å². The molecule has 0 saturated carbocycles. The van der Waals surface area contributed by atoms with Gasteiger partial charge in [-0.25, -0.2) is 45.9 Å². The van der Waals surface area contributed by atoms with E-state index in [2.05, 4.69) is 9.97 Å². The number of carbonyl (C=O) groups is 2. The van der Waals surface area contributed by atoms with Crippen molar-refractivity contribution in [1.29, 1.82) is 0 Å². The number of aromatic nitrogens is 2. The van der Waals surface area contributed by atoms with Gasteiger partial charge in [0.05, 0.1) is 17.7 Å². The Morgan fingerprint density at radius 1 is 0.737 bits per heavy atom. The van der Waals surface area contributed by atoms with Crippen molar-refractivity contribution in [2.75, 3.05) is 6.61 Å². The summed E-state index contributed by atoms with van der Waals surface area (Å²) < 4.78 is 93.9. The number of carboxylic acid groups (broad SMARTS) is 1. The van der Waals surface area contributed by atoms with Crippen LogP contribution in [0.4, 0.5) is 26.3 Å². The molecule has 200 valence electrons. The lowest BCUT2D eigenvalue weighted by atomic mass is 10.1. The van der Waals surface area contributed by atoms with Gasteiger partial charge in [-0.05, 0) is 19.1 Å². The summed E-state index contributed by atoms with van der Waals surface area (Å²) in [6, 6.07) is 1.82.